The van der Waals surface area contributed by atoms with Crippen LogP contribution >= 0.6 is 27.5 Å². The molecule has 1 N–H and O–H groups in total. The summed E-state index contributed by atoms with van der Waals surface area (Å²) in [7, 11) is 0. The predicted octanol–water partition coefficient (Wildman–Crippen LogP) is 4.94. The second kappa shape index (κ2) is 6.51. The largest absolute Gasteiger partial charge is 0.306 e. The van der Waals surface area contributed by atoms with Crippen LogP contribution in [0, 0.1) is 5.82 Å². The Labute approximate surface area is 125 Å². The zero-order valence-corrected chi connectivity index (χ0v) is 12.8. The first-order valence-electron chi connectivity index (χ1n) is 6.06. The second-order valence-corrected chi connectivity index (χ2v) is 5.36. The molecule has 0 aromatic heterocycles. The molecule has 0 bridgehead atoms. The summed E-state index contributed by atoms with van der Waals surface area (Å²) in [4.78, 5) is 0. The minimum Gasteiger partial charge on any atom is -0.306 e. The molecule has 2 aromatic rings. The lowest BCUT2D eigenvalue weighted by atomic mass is 9.98. The van der Waals surface area contributed by atoms with Crippen molar-refractivity contribution in [3.05, 3.63) is 68.9 Å². The summed E-state index contributed by atoms with van der Waals surface area (Å²) in [6.07, 6.45) is 0. The van der Waals surface area contributed by atoms with Crippen molar-refractivity contribution in [2.45, 2.75) is 13.0 Å². The average molecular weight is 343 g/mol. The van der Waals surface area contributed by atoms with E-state index in [1.807, 2.05) is 37.3 Å². The van der Waals surface area contributed by atoms with Crippen LogP contribution in [-0.4, -0.2) is 6.54 Å². The Morgan fingerprint density at radius 2 is 1.84 bits per heavy atom. The Balaban J connectivity index is 2.52. The lowest BCUT2D eigenvalue weighted by Crippen LogP contribution is -2.22. The predicted molar refractivity (Wildman–Crippen MR) is 81.1 cm³/mol. The van der Waals surface area contributed by atoms with E-state index in [0.29, 0.717) is 9.50 Å². The van der Waals surface area contributed by atoms with Crippen LogP contribution in [0.4, 0.5) is 4.39 Å². The number of benzene rings is 2. The number of nitrogens with one attached hydrogen (secondary N) is 1. The van der Waals surface area contributed by atoms with Crippen LogP contribution < -0.4 is 5.32 Å². The highest BCUT2D eigenvalue weighted by Gasteiger charge is 2.19. The van der Waals surface area contributed by atoms with E-state index in [-0.39, 0.29) is 11.9 Å². The van der Waals surface area contributed by atoms with E-state index in [0.717, 1.165) is 17.7 Å². The van der Waals surface area contributed by atoms with E-state index >= 15 is 0 Å². The maximum atomic E-state index is 13.7. The molecule has 0 aliphatic heterocycles. The maximum Gasteiger partial charge on any atom is 0.137 e. The first-order valence-corrected chi connectivity index (χ1v) is 7.24. The fraction of sp³-hybridized carbons (Fsp3) is 0.200. The van der Waals surface area contributed by atoms with E-state index in [9.17, 15) is 4.39 Å². The van der Waals surface area contributed by atoms with E-state index < -0.39 is 0 Å². The number of hydrogen-bond donors (Lipinski definition) is 1. The third kappa shape index (κ3) is 3.16. The topological polar surface area (TPSA) is 12.0 Å². The Kier molecular flexibility index (Phi) is 4.97. The second-order valence-electron chi connectivity index (χ2n) is 4.16. The summed E-state index contributed by atoms with van der Waals surface area (Å²) in [5.74, 6) is -0.271. The highest BCUT2D eigenvalue weighted by molar-refractivity contribution is 9.10. The molecule has 0 spiro atoms. The van der Waals surface area contributed by atoms with Crippen molar-refractivity contribution in [2.24, 2.45) is 0 Å². The summed E-state index contributed by atoms with van der Waals surface area (Å²) in [5.41, 5.74) is 1.78. The summed E-state index contributed by atoms with van der Waals surface area (Å²) in [6, 6.07) is 12.5. The molecule has 0 saturated heterocycles. The quantitative estimate of drug-likeness (QED) is 0.830. The van der Waals surface area contributed by atoms with Gasteiger partial charge in [0.1, 0.15) is 5.82 Å². The smallest absolute Gasteiger partial charge is 0.137 e. The van der Waals surface area contributed by atoms with Crippen LogP contribution in [-0.2, 0) is 0 Å². The van der Waals surface area contributed by atoms with Gasteiger partial charge in [0.05, 0.1) is 10.5 Å². The van der Waals surface area contributed by atoms with Gasteiger partial charge in [-0.25, -0.2) is 4.39 Å². The summed E-state index contributed by atoms with van der Waals surface area (Å²) in [6.45, 7) is 2.77. The van der Waals surface area contributed by atoms with Crippen molar-refractivity contribution >= 4 is 27.5 Å². The molecule has 1 nitrogen and oxygen atoms in total. The normalized spacial score (nSPS) is 12.4. The van der Waals surface area contributed by atoms with Gasteiger partial charge >= 0.3 is 0 Å². The van der Waals surface area contributed by atoms with Gasteiger partial charge in [-0.3, -0.25) is 0 Å². The lowest BCUT2D eigenvalue weighted by molar-refractivity contribution is 0.595. The fourth-order valence-corrected chi connectivity index (χ4v) is 2.78. The van der Waals surface area contributed by atoms with Gasteiger partial charge in [-0.2, -0.15) is 0 Å². The Morgan fingerprint density at radius 3 is 2.53 bits per heavy atom. The molecule has 0 heterocycles. The monoisotopic (exact) mass is 341 g/mol. The zero-order valence-electron chi connectivity index (χ0n) is 10.5. The molecule has 1 unspecified atom stereocenters. The van der Waals surface area contributed by atoms with Crippen molar-refractivity contribution in [1.82, 2.24) is 5.32 Å². The summed E-state index contributed by atoms with van der Waals surface area (Å²) < 4.78 is 14.2. The van der Waals surface area contributed by atoms with Crippen molar-refractivity contribution < 1.29 is 4.39 Å². The molecule has 0 saturated carbocycles. The molecule has 4 heteroatoms. The number of hydrogen-bond acceptors (Lipinski definition) is 1. The highest BCUT2D eigenvalue weighted by atomic mass is 79.9. The Hall–Kier alpha value is -0.900. The molecule has 0 aliphatic carbocycles. The molecule has 0 radical (unpaired) electrons. The van der Waals surface area contributed by atoms with Gasteiger partial charge in [0.15, 0.2) is 0 Å². The van der Waals surface area contributed by atoms with E-state index in [1.165, 1.54) is 6.07 Å². The molecular formula is C15H14BrClFN. The molecule has 2 aromatic carbocycles. The summed E-state index contributed by atoms with van der Waals surface area (Å²) in [5, 5.41) is 4.01. The molecule has 100 valence electrons. The van der Waals surface area contributed by atoms with Crippen LogP contribution in [0.15, 0.2) is 46.9 Å². The third-order valence-corrected chi connectivity index (χ3v) is 4.10. The van der Waals surface area contributed by atoms with Crippen LogP contribution in [0.25, 0.3) is 0 Å². The third-order valence-electron chi connectivity index (χ3n) is 2.92. The van der Waals surface area contributed by atoms with Gasteiger partial charge in [0.2, 0.25) is 0 Å². The van der Waals surface area contributed by atoms with Crippen LogP contribution in [0.3, 0.4) is 0 Å². The van der Waals surface area contributed by atoms with Crippen molar-refractivity contribution in [1.29, 1.82) is 0 Å². The molecule has 19 heavy (non-hydrogen) atoms. The van der Waals surface area contributed by atoms with E-state index in [2.05, 4.69) is 21.2 Å². The van der Waals surface area contributed by atoms with Gasteiger partial charge in [-0.15, -0.1) is 0 Å². The highest BCUT2D eigenvalue weighted by Crippen LogP contribution is 2.33. The van der Waals surface area contributed by atoms with Gasteiger partial charge in [0, 0.05) is 5.02 Å². The summed E-state index contributed by atoms with van der Waals surface area (Å²) >= 11 is 9.56. The van der Waals surface area contributed by atoms with Gasteiger partial charge in [0.25, 0.3) is 0 Å². The first kappa shape index (κ1) is 14.5. The number of halogens is 3. The Morgan fingerprint density at radius 1 is 1.16 bits per heavy atom. The van der Waals surface area contributed by atoms with Crippen LogP contribution in [0.5, 0.6) is 0 Å². The standard InChI is InChI=1S/C15H14BrClFN/c1-2-19-15(10-6-3-4-8-12(10)17)11-7-5-9-13(18)14(11)16/h3-9,15,19H,2H2,1H3. The molecule has 1 atom stereocenters. The lowest BCUT2D eigenvalue weighted by Gasteiger charge is -2.21. The maximum absolute atomic E-state index is 13.7. The van der Waals surface area contributed by atoms with Gasteiger partial charge in [-0.1, -0.05) is 48.9 Å². The van der Waals surface area contributed by atoms with Gasteiger partial charge < -0.3 is 5.32 Å². The molecular weight excluding hydrogens is 329 g/mol. The van der Waals surface area contributed by atoms with Gasteiger partial charge in [-0.05, 0) is 45.7 Å². The van der Waals surface area contributed by atoms with E-state index in [4.69, 9.17) is 11.6 Å². The minimum atomic E-state index is -0.271. The molecule has 0 amide bonds. The van der Waals surface area contributed by atoms with Crippen molar-refractivity contribution in [2.75, 3.05) is 6.54 Å². The minimum absolute atomic E-state index is 0.135. The fourth-order valence-electron chi connectivity index (χ4n) is 2.04. The van der Waals surface area contributed by atoms with Crippen molar-refractivity contribution in [3.8, 4) is 0 Å². The van der Waals surface area contributed by atoms with E-state index in [1.54, 1.807) is 6.07 Å². The van der Waals surface area contributed by atoms with Crippen molar-refractivity contribution in [3.63, 3.8) is 0 Å². The molecule has 2 rings (SSSR count). The molecule has 0 fully saturated rings. The molecule has 0 aliphatic rings. The Bertz CT molecular complexity index is 574. The zero-order chi connectivity index (χ0) is 13.8. The number of rotatable bonds is 4. The first-order chi connectivity index (χ1) is 9.15. The SMILES string of the molecule is CCNC(c1ccccc1Cl)c1cccc(F)c1Br. The van der Waals surface area contributed by atoms with Crippen LogP contribution in [0.2, 0.25) is 5.02 Å². The van der Waals surface area contributed by atoms with Crippen LogP contribution in [0.1, 0.15) is 24.1 Å². The average Bonchev–Trinajstić information content (AvgIpc) is 2.41.